The van der Waals surface area contributed by atoms with Crippen LogP contribution in [0, 0.1) is 0 Å². The van der Waals surface area contributed by atoms with Gasteiger partial charge in [0.25, 0.3) is 0 Å². The largest absolute Gasteiger partial charge is 0.506 e. The molecule has 1 aromatic rings. The minimum absolute atomic E-state index is 0.0677. The third-order valence-electron chi connectivity index (χ3n) is 3.14. The van der Waals surface area contributed by atoms with Crippen LogP contribution in [-0.2, 0) is 0 Å². The highest BCUT2D eigenvalue weighted by Gasteiger charge is 2.46. The molecule has 7 heteroatoms. The molecule has 19 heavy (non-hydrogen) atoms. The fraction of sp³-hybridized carbons (Fsp3) is 0.500. The zero-order valence-corrected chi connectivity index (χ0v) is 10.8. The summed E-state index contributed by atoms with van der Waals surface area (Å²) in [4.78, 5) is 1.31. The maximum atomic E-state index is 13.3. The first-order valence-electron chi connectivity index (χ1n) is 5.90. The lowest BCUT2D eigenvalue weighted by atomic mass is 10.0. The summed E-state index contributed by atoms with van der Waals surface area (Å²) in [5, 5.41) is 12.7. The van der Waals surface area contributed by atoms with Gasteiger partial charge >= 0.3 is 6.18 Å². The second kappa shape index (κ2) is 5.56. The van der Waals surface area contributed by atoms with Gasteiger partial charge in [0.2, 0.25) is 0 Å². The van der Waals surface area contributed by atoms with Crippen LogP contribution < -0.4 is 5.32 Å². The number of alkyl halides is 3. The first-order chi connectivity index (χ1) is 8.91. The van der Waals surface area contributed by atoms with E-state index in [1.165, 1.54) is 23.1 Å². The predicted octanol–water partition coefficient (Wildman–Crippen LogP) is 2.55. The molecule has 1 fully saturated rings. The lowest BCUT2D eigenvalue weighted by Gasteiger charge is -2.36. The SMILES string of the molecule is Oc1c(Cl)cccc1[C@H](N1CCNCC1)C(F)(F)F. The predicted molar refractivity (Wildman–Crippen MR) is 66.4 cm³/mol. The Morgan fingerprint density at radius 3 is 2.47 bits per heavy atom. The Morgan fingerprint density at radius 1 is 1.26 bits per heavy atom. The van der Waals surface area contributed by atoms with Gasteiger partial charge in [0.1, 0.15) is 11.8 Å². The first-order valence-corrected chi connectivity index (χ1v) is 6.28. The van der Waals surface area contributed by atoms with Crippen LogP contribution >= 0.6 is 11.6 Å². The molecule has 0 aromatic heterocycles. The van der Waals surface area contributed by atoms with Crippen molar-refractivity contribution in [1.29, 1.82) is 0 Å². The van der Waals surface area contributed by atoms with E-state index < -0.39 is 18.0 Å². The molecule has 1 aliphatic heterocycles. The van der Waals surface area contributed by atoms with Gasteiger partial charge in [-0.25, -0.2) is 0 Å². The highest BCUT2D eigenvalue weighted by Crippen LogP contribution is 2.43. The van der Waals surface area contributed by atoms with Gasteiger partial charge < -0.3 is 10.4 Å². The maximum Gasteiger partial charge on any atom is 0.408 e. The standard InChI is InChI=1S/C12H14ClF3N2O/c13-9-3-1-2-8(10(9)19)11(12(14,15)16)18-6-4-17-5-7-18/h1-3,11,17,19H,4-7H2/t11-/m0/s1. The molecule has 106 valence electrons. The number of hydrogen-bond acceptors (Lipinski definition) is 3. The minimum atomic E-state index is -4.46. The van der Waals surface area contributed by atoms with Gasteiger partial charge in [-0.05, 0) is 6.07 Å². The van der Waals surface area contributed by atoms with E-state index >= 15 is 0 Å². The van der Waals surface area contributed by atoms with Gasteiger partial charge in [0, 0.05) is 31.7 Å². The third-order valence-corrected chi connectivity index (χ3v) is 3.44. The van der Waals surface area contributed by atoms with Gasteiger partial charge in [0.05, 0.1) is 5.02 Å². The average Bonchev–Trinajstić information content (AvgIpc) is 2.35. The number of rotatable bonds is 2. The van der Waals surface area contributed by atoms with Crippen molar-refractivity contribution in [3.8, 4) is 5.75 Å². The molecular formula is C12H14ClF3N2O. The van der Waals surface area contributed by atoms with Crippen molar-refractivity contribution in [3.05, 3.63) is 28.8 Å². The van der Waals surface area contributed by atoms with E-state index in [2.05, 4.69) is 5.32 Å². The lowest BCUT2D eigenvalue weighted by molar-refractivity contribution is -0.188. The molecule has 1 aromatic carbocycles. The van der Waals surface area contributed by atoms with E-state index in [0.717, 1.165) is 0 Å². The van der Waals surface area contributed by atoms with Crippen molar-refractivity contribution >= 4 is 11.6 Å². The number of phenols is 1. The molecule has 1 aliphatic rings. The van der Waals surface area contributed by atoms with Crippen molar-refractivity contribution in [1.82, 2.24) is 10.2 Å². The molecular weight excluding hydrogens is 281 g/mol. The van der Waals surface area contributed by atoms with Crippen LogP contribution in [0.1, 0.15) is 11.6 Å². The Bertz CT molecular complexity index is 447. The summed E-state index contributed by atoms with van der Waals surface area (Å²) in [6.45, 7) is 1.54. The smallest absolute Gasteiger partial charge is 0.408 e. The number of para-hydroxylation sites is 1. The number of nitrogens with one attached hydrogen (secondary N) is 1. The van der Waals surface area contributed by atoms with E-state index in [4.69, 9.17) is 11.6 Å². The molecule has 0 spiro atoms. The summed E-state index contributed by atoms with van der Waals surface area (Å²) in [6, 6.07) is 2.22. The van der Waals surface area contributed by atoms with Gasteiger partial charge in [-0.3, -0.25) is 4.90 Å². The second-order valence-corrected chi connectivity index (χ2v) is 4.81. The van der Waals surface area contributed by atoms with Gasteiger partial charge in [0.15, 0.2) is 0 Å². The van der Waals surface area contributed by atoms with Crippen LogP contribution in [0.3, 0.4) is 0 Å². The number of benzene rings is 1. The highest BCUT2D eigenvalue weighted by atomic mass is 35.5. The Kier molecular flexibility index (Phi) is 4.23. The topological polar surface area (TPSA) is 35.5 Å². The Hall–Kier alpha value is -0.980. The zero-order valence-electron chi connectivity index (χ0n) is 10.0. The van der Waals surface area contributed by atoms with Gasteiger partial charge in [-0.15, -0.1) is 0 Å². The van der Waals surface area contributed by atoms with Crippen molar-refractivity contribution in [2.24, 2.45) is 0 Å². The number of phenolic OH excluding ortho intramolecular Hbond substituents is 1. The van der Waals surface area contributed by atoms with Gasteiger partial charge in [-0.1, -0.05) is 23.7 Å². The summed E-state index contributed by atoms with van der Waals surface area (Å²) in [6.07, 6.45) is -4.46. The third kappa shape index (κ3) is 3.13. The molecule has 2 N–H and O–H groups in total. The molecule has 1 saturated heterocycles. The maximum absolute atomic E-state index is 13.3. The summed E-state index contributed by atoms with van der Waals surface area (Å²) in [5.74, 6) is -0.495. The fourth-order valence-corrected chi connectivity index (χ4v) is 2.45. The molecule has 3 nitrogen and oxygen atoms in total. The highest BCUT2D eigenvalue weighted by molar-refractivity contribution is 6.32. The summed E-state index contributed by atoms with van der Waals surface area (Å²) >= 11 is 5.70. The molecule has 0 aliphatic carbocycles. The van der Waals surface area contributed by atoms with Crippen molar-refractivity contribution in [2.75, 3.05) is 26.2 Å². The molecule has 0 amide bonds. The van der Waals surface area contributed by atoms with E-state index in [1.54, 1.807) is 0 Å². The van der Waals surface area contributed by atoms with Crippen LogP contribution in [-0.4, -0.2) is 42.4 Å². The normalized spacial score (nSPS) is 19.4. The van der Waals surface area contributed by atoms with Crippen LogP contribution in [0.5, 0.6) is 5.75 Å². The molecule has 0 bridgehead atoms. The van der Waals surface area contributed by atoms with Crippen molar-refractivity contribution in [2.45, 2.75) is 12.2 Å². The summed E-state index contributed by atoms with van der Waals surface area (Å²) in [5.41, 5.74) is -0.193. The molecule has 1 heterocycles. The van der Waals surface area contributed by atoms with E-state index in [1.807, 2.05) is 0 Å². The number of nitrogens with zero attached hydrogens (tertiary/aromatic N) is 1. The summed E-state index contributed by atoms with van der Waals surface area (Å²) in [7, 11) is 0. The van der Waals surface area contributed by atoms with E-state index in [0.29, 0.717) is 13.1 Å². The van der Waals surface area contributed by atoms with Crippen molar-refractivity contribution in [3.63, 3.8) is 0 Å². The number of hydrogen-bond donors (Lipinski definition) is 2. The minimum Gasteiger partial charge on any atom is -0.506 e. The quantitative estimate of drug-likeness (QED) is 0.880. The van der Waals surface area contributed by atoms with Gasteiger partial charge in [-0.2, -0.15) is 13.2 Å². The fourth-order valence-electron chi connectivity index (χ4n) is 2.27. The molecule has 0 saturated carbocycles. The number of aromatic hydroxyl groups is 1. The lowest BCUT2D eigenvalue weighted by Crippen LogP contribution is -2.49. The monoisotopic (exact) mass is 294 g/mol. The molecule has 1 atom stereocenters. The van der Waals surface area contributed by atoms with Crippen LogP contribution in [0.25, 0.3) is 0 Å². The molecule has 0 unspecified atom stereocenters. The van der Waals surface area contributed by atoms with Crippen LogP contribution in [0.4, 0.5) is 13.2 Å². The molecule has 0 radical (unpaired) electrons. The second-order valence-electron chi connectivity index (χ2n) is 4.41. The number of halogens is 4. The first kappa shape index (κ1) is 14.4. The van der Waals surface area contributed by atoms with Crippen LogP contribution in [0.15, 0.2) is 18.2 Å². The number of piperazine rings is 1. The van der Waals surface area contributed by atoms with E-state index in [-0.39, 0.29) is 23.7 Å². The van der Waals surface area contributed by atoms with Crippen LogP contribution in [0.2, 0.25) is 5.02 Å². The summed E-state index contributed by atoms with van der Waals surface area (Å²) < 4.78 is 39.9. The Labute approximate surface area is 114 Å². The van der Waals surface area contributed by atoms with Crippen molar-refractivity contribution < 1.29 is 18.3 Å². The average molecular weight is 295 g/mol. The zero-order chi connectivity index (χ0) is 14.0. The van der Waals surface area contributed by atoms with E-state index in [9.17, 15) is 18.3 Å². The molecule has 2 rings (SSSR count). The Morgan fingerprint density at radius 2 is 1.89 bits per heavy atom. The Balaban J connectivity index is 2.40.